The van der Waals surface area contributed by atoms with Gasteiger partial charge in [-0.2, -0.15) is 0 Å². The van der Waals surface area contributed by atoms with E-state index in [0.29, 0.717) is 21.6 Å². The van der Waals surface area contributed by atoms with Crippen LogP contribution in [0.1, 0.15) is 18.4 Å². The van der Waals surface area contributed by atoms with Gasteiger partial charge in [-0.25, -0.2) is 4.39 Å². The molecule has 0 bridgehead atoms. The Kier molecular flexibility index (Phi) is 4.58. The highest BCUT2D eigenvalue weighted by molar-refractivity contribution is 8.01. The lowest BCUT2D eigenvalue weighted by molar-refractivity contribution is -0.129. The highest BCUT2D eigenvalue weighted by Gasteiger charge is 2.32. The largest absolute Gasteiger partial charge is 0.374 e. The number of benzene rings is 1. The molecular formula is C14H15FN4OS2. The van der Waals surface area contributed by atoms with Crippen molar-refractivity contribution < 1.29 is 9.18 Å². The van der Waals surface area contributed by atoms with Gasteiger partial charge in [0, 0.05) is 18.2 Å². The lowest BCUT2D eigenvalue weighted by atomic mass is 10.2. The molecule has 0 spiro atoms. The van der Waals surface area contributed by atoms with E-state index in [1.807, 2.05) is 0 Å². The van der Waals surface area contributed by atoms with Crippen LogP contribution in [-0.2, 0) is 11.3 Å². The number of aromatic nitrogens is 2. The van der Waals surface area contributed by atoms with Crippen LogP contribution in [0.15, 0.2) is 28.6 Å². The van der Waals surface area contributed by atoms with Gasteiger partial charge in [-0.05, 0) is 18.9 Å². The molecule has 1 aromatic heterocycles. The topological polar surface area (TPSA) is 72.1 Å². The fourth-order valence-corrected chi connectivity index (χ4v) is 3.62. The van der Waals surface area contributed by atoms with Gasteiger partial charge in [-0.3, -0.25) is 4.79 Å². The monoisotopic (exact) mass is 338 g/mol. The number of carbonyl (C=O) groups excluding carboxylic acids is 1. The van der Waals surface area contributed by atoms with Crippen molar-refractivity contribution in [1.82, 2.24) is 15.1 Å². The third-order valence-electron chi connectivity index (χ3n) is 3.35. The third-order valence-corrected chi connectivity index (χ3v) is 5.22. The maximum atomic E-state index is 13.8. The number of rotatable bonds is 6. The summed E-state index contributed by atoms with van der Waals surface area (Å²) >= 11 is 2.58. The van der Waals surface area contributed by atoms with Crippen LogP contribution in [0.5, 0.6) is 0 Å². The van der Waals surface area contributed by atoms with Crippen molar-refractivity contribution in [2.45, 2.75) is 29.8 Å². The molecule has 0 saturated heterocycles. The minimum atomic E-state index is -0.273. The molecular weight excluding hydrogens is 323 g/mol. The van der Waals surface area contributed by atoms with Crippen molar-refractivity contribution in [3.8, 4) is 0 Å². The van der Waals surface area contributed by atoms with Crippen molar-refractivity contribution in [3.05, 3.63) is 35.6 Å². The zero-order valence-electron chi connectivity index (χ0n) is 11.7. The predicted octanol–water partition coefficient (Wildman–Crippen LogP) is 2.54. The molecule has 0 radical (unpaired) electrons. The molecule has 116 valence electrons. The number of thioether (sulfide) groups is 1. The van der Waals surface area contributed by atoms with E-state index in [1.165, 1.54) is 29.2 Å². The molecule has 3 rings (SSSR count). The van der Waals surface area contributed by atoms with Gasteiger partial charge in [0.2, 0.25) is 11.0 Å². The fourth-order valence-electron chi connectivity index (χ4n) is 2.10. The first-order valence-electron chi connectivity index (χ1n) is 6.88. The number of nitrogens with two attached hydrogens (primary N) is 1. The quantitative estimate of drug-likeness (QED) is 0.820. The molecule has 1 amide bonds. The van der Waals surface area contributed by atoms with Crippen molar-refractivity contribution >= 4 is 34.1 Å². The number of carbonyl (C=O) groups is 1. The number of nitrogens with zero attached hydrogens (tertiary/aromatic N) is 3. The van der Waals surface area contributed by atoms with Crippen LogP contribution in [0.4, 0.5) is 9.52 Å². The second-order valence-electron chi connectivity index (χ2n) is 5.04. The van der Waals surface area contributed by atoms with Gasteiger partial charge in [0.15, 0.2) is 4.34 Å². The van der Waals surface area contributed by atoms with E-state index in [-0.39, 0.29) is 23.5 Å². The number of halogens is 1. The molecule has 1 fully saturated rings. The lowest BCUT2D eigenvalue weighted by Crippen LogP contribution is -2.34. The van der Waals surface area contributed by atoms with Crippen LogP contribution in [0.2, 0.25) is 0 Å². The van der Waals surface area contributed by atoms with Crippen LogP contribution < -0.4 is 5.73 Å². The van der Waals surface area contributed by atoms with E-state index in [9.17, 15) is 9.18 Å². The molecule has 2 aromatic rings. The highest BCUT2D eigenvalue weighted by atomic mass is 32.2. The highest BCUT2D eigenvalue weighted by Crippen LogP contribution is 2.31. The van der Waals surface area contributed by atoms with Crippen LogP contribution >= 0.6 is 23.1 Å². The predicted molar refractivity (Wildman–Crippen MR) is 85.0 cm³/mol. The van der Waals surface area contributed by atoms with Crippen LogP contribution in [-0.4, -0.2) is 32.8 Å². The first-order chi connectivity index (χ1) is 10.6. The van der Waals surface area contributed by atoms with Gasteiger partial charge in [0.25, 0.3) is 0 Å². The van der Waals surface area contributed by atoms with Gasteiger partial charge in [-0.15, -0.1) is 10.2 Å². The van der Waals surface area contributed by atoms with Gasteiger partial charge >= 0.3 is 0 Å². The van der Waals surface area contributed by atoms with Crippen molar-refractivity contribution in [2.75, 3.05) is 11.5 Å². The average molecular weight is 338 g/mol. The molecule has 1 aliphatic rings. The Morgan fingerprint density at radius 2 is 2.18 bits per heavy atom. The Hall–Kier alpha value is -1.67. The van der Waals surface area contributed by atoms with Crippen molar-refractivity contribution in [1.29, 1.82) is 0 Å². The molecule has 2 N–H and O–H groups in total. The number of hydrogen-bond donors (Lipinski definition) is 1. The smallest absolute Gasteiger partial charge is 0.233 e. The lowest BCUT2D eigenvalue weighted by Gasteiger charge is -2.22. The van der Waals surface area contributed by atoms with Gasteiger partial charge < -0.3 is 10.6 Å². The second-order valence-corrected chi connectivity index (χ2v) is 7.27. The van der Waals surface area contributed by atoms with Crippen molar-refractivity contribution in [2.24, 2.45) is 0 Å². The zero-order valence-corrected chi connectivity index (χ0v) is 13.4. The van der Waals surface area contributed by atoms with Crippen LogP contribution in [0.3, 0.4) is 0 Å². The molecule has 1 heterocycles. The van der Waals surface area contributed by atoms with E-state index in [4.69, 9.17) is 5.73 Å². The molecule has 1 aliphatic carbocycles. The summed E-state index contributed by atoms with van der Waals surface area (Å²) in [6, 6.07) is 6.80. The summed E-state index contributed by atoms with van der Waals surface area (Å²) in [4.78, 5) is 14.2. The summed E-state index contributed by atoms with van der Waals surface area (Å²) in [5, 5.41) is 7.99. The molecule has 22 heavy (non-hydrogen) atoms. The van der Waals surface area contributed by atoms with Crippen LogP contribution in [0.25, 0.3) is 0 Å². The molecule has 0 unspecified atom stereocenters. The first kappa shape index (κ1) is 15.2. The summed E-state index contributed by atoms with van der Waals surface area (Å²) in [5.41, 5.74) is 6.07. The standard InChI is InChI=1S/C14H15FN4OS2/c15-11-4-2-1-3-9(11)7-19(10-5-6-10)12(20)8-21-14-18-17-13(16)22-14/h1-4,10H,5-8H2,(H2,16,17). The van der Waals surface area contributed by atoms with E-state index in [1.54, 1.807) is 23.1 Å². The van der Waals surface area contributed by atoms with Gasteiger partial charge in [0.05, 0.1) is 5.75 Å². The van der Waals surface area contributed by atoms with E-state index >= 15 is 0 Å². The maximum Gasteiger partial charge on any atom is 0.233 e. The maximum absolute atomic E-state index is 13.8. The summed E-state index contributed by atoms with van der Waals surface area (Å²) in [7, 11) is 0. The summed E-state index contributed by atoms with van der Waals surface area (Å²) < 4.78 is 14.5. The molecule has 8 heteroatoms. The SMILES string of the molecule is Nc1nnc(SCC(=O)N(Cc2ccccc2F)C2CC2)s1. The zero-order chi connectivity index (χ0) is 15.5. The van der Waals surface area contributed by atoms with E-state index < -0.39 is 0 Å². The third kappa shape index (κ3) is 3.75. The molecule has 1 aromatic carbocycles. The number of hydrogen-bond acceptors (Lipinski definition) is 6. The Morgan fingerprint density at radius 1 is 1.41 bits per heavy atom. The minimum absolute atomic E-state index is 0.00970. The van der Waals surface area contributed by atoms with Crippen LogP contribution in [0, 0.1) is 5.82 Å². The van der Waals surface area contributed by atoms with Gasteiger partial charge in [0.1, 0.15) is 5.82 Å². The Morgan fingerprint density at radius 3 is 2.82 bits per heavy atom. The molecule has 0 aliphatic heterocycles. The second kappa shape index (κ2) is 6.62. The Balaban J connectivity index is 1.63. The average Bonchev–Trinajstić information content (AvgIpc) is 3.26. The fraction of sp³-hybridized carbons (Fsp3) is 0.357. The Labute approximate surface area is 135 Å². The van der Waals surface area contributed by atoms with E-state index in [0.717, 1.165) is 12.8 Å². The summed E-state index contributed by atoms with van der Waals surface area (Å²) in [6.07, 6.45) is 1.97. The molecule has 0 atom stereocenters. The first-order valence-corrected chi connectivity index (χ1v) is 8.68. The summed E-state index contributed by atoms with van der Waals surface area (Å²) in [6.45, 7) is 0.314. The Bertz CT molecular complexity index is 674. The van der Waals surface area contributed by atoms with Gasteiger partial charge in [-0.1, -0.05) is 41.3 Å². The normalized spacial score (nSPS) is 14.0. The number of nitrogen functional groups attached to an aromatic ring is 1. The minimum Gasteiger partial charge on any atom is -0.374 e. The number of amides is 1. The van der Waals surface area contributed by atoms with E-state index in [2.05, 4.69) is 10.2 Å². The molecule has 5 nitrogen and oxygen atoms in total. The van der Waals surface area contributed by atoms with Crippen molar-refractivity contribution in [3.63, 3.8) is 0 Å². The number of anilines is 1. The summed E-state index contributed by atoms with van der Waals surface area (Å²) in [5.74, 6) is -0.0189. The molecule has 1 saturated carbocycles.